The number of hydrazine groups is 1. The molecule has 1 amide bonds. The van der Waals surface area contributed by atoms with Gasteiger partial charge >= 0.3 is 0 Å². The lowest BCUT2D eigenvalue weighted by molar-refractivity contribution is -0.119. The maximum Gasteiger partial charge on any atom is 0.263 e. The van der Waals surface area contributed by atoms with Crippen molar-refractivity contribution < 1.29 is 18.3 Å². The van der Waals surface area contributed by atoms with Crippen LogP contribution in [0.15, 0.2) is 47.8 Å². The minimum Gasteiger partial charge on any atom is -0.470 e. The van der Waals surface area contributed by atoms with E-state index in [0.29, 0.717) is 36.0 Å². The average Bonchev–Trinajstić information content (AvgIpc) is 2.98. The van der Waals surface area contributed by atoms with Gasteiger partial charge in [0.25, 0.3) is 6.43 Å². The van der Waals surface area contributed by atoms with Crippen LogP contribution in [0.4, 0.5) is 20.3 Å². The largest absolute Gasteiger partial charge is 0.470 e. The van der Waals surface area contributed by atoms with E-state index in [2.05, 4.69) is 15.5 Å². The molecular formula is C20H25F2N7O2. The van der Waals surface area contributed by atoms with E-state index in [1.807, 2.05) is 4.90 Å². The van der Waals surface area contributed by atoms with Crippen molar-refractivity contribution in [2.45, 2.75) is 19.8 Å². The first kappa shape index (κ1) is 22.2. The first-order valence-electron chi connectivity index (χ1n) is 9.71. The number of halogens is 2. The van der Waals surface area contributed by atoms with E-state index in [-0.39, 0.29) is 30.5 Å². The van der Waals surface area contributed by atoms with Crippen LogP contribution in [0.25, 0.3) is 0 Å². The van der Waals surface area contributed by atoms with Crippen LogP contribution in [0.1, 0.15) is 25.3 Å². The first-order chi connectivity index (χ1) is 14.8. The van der Waals surface area contributed by atoms with E-state index in [1.165, 1.54) is 29.3 Å². The van der Waals surface area contributed by atoms with Crippen LogP contribution in [0.3, 0.4) is 0 Å². The van der Waals surface area contributed by atoms with Crippen molar-refractivity contribution in [2.75, 3.05) is 36.1 Å². The van der Waals surface area contributed by atoms with Crippen molar-refractivity contribution in [1.29, 1.82) is 0 Å². The van der Waals surface area contributed by atoms with Crippen molar-refractivity contribution in [3.05, 3.63) is 53.4 Å². The molecule has 11 heteroatoms. The van der Waals surface area contributed by atoms with Gasteiger partial charge in [-0.15, -0.1) is 10.2 Å². The number of alkyl halides is 2. The molecule has 31 heavy (non-hydrogen) atoms. The molecule has 3 rings (SSSR count). The van der Waals surface area contributed by atoms with Gasteiger partial charge in [0, 0.05) is 30.4 Å². The molecule has 0 bridgehead atoms. The molecule has 1 aliphatic heterocycles. The molecule has 0 radical (unpaired) electrons. The highest BCUT2D eigenvalue weighted by Gasteiger charge is 2.17. The van der Waals surface area contributed by atoms with Crippen LogP contribution in [-0.2, 0) is 4.79 Å². The fourth-order valence-corrected chi connectivity index (χ4v) is 3.01. The van der Waals surface area contributed by atoms with E-state index in [9.17, 15) is 13.6 Å². The number of carbonyl (C=O) groups excluding carboxylic acids is 1. The average molecular weight is 433 g/mol. The zero-order valence-corrected chi connectivity index (χ0v) is 17.1. The zero-order valence-electron chi connectivity index (χ0n) is 17.1. The molecule has 1 aliphatic rings. The number of amides is 1. The normalized spacial score (nSPS) is 15.3. The summed E-state index contributed by atoms with van der Waals surface area (Å²) in [5.41, 5.74) is 7.18. The highest BCUT2D eigenvalue weighted by Crippen LogP contribution is 2.24. The van der Waals surface area contributed by atoms with Crippen molar-refractivity contribution in [3.63, 3.8) is 0 Å². The predicted molar refractivity (Wildman–Crippen MR) is 112 cm³/mol. The number of benzene rings is 1. The number of carbonyl (C=O) groups is 1. The van der Waals surface area contributed by atoms with Crippen LogP contribution in [0.2, 0.25) is 0 Å². The number of rotatable bonds is 7. The molecule has 2 aromatic rings. The van der Waals surface area contributed by atoms with Gasteiger partial charge in [-0.2, -0.15) is 0 Å². The molecular weight excluding hydrogens is 408 g/mol. The summed E-state index contributed by atoms with van der Waals surface area (Å²) in [4.78, 5) is 13.6. The Bertz CT molecular complexity index is 916. The summed E-state index contributed by atoms with van der Waals surface area (Å²) in [6, 6.07) is 8.94. The monoisotopic (exact) mass is 433 g/mol. The van der Waals surface area contributed by atoms with Gasteiger partial charge in [-0.05, 0) is 31.5 Å². The number of nitrogens with two attached hydrogens (primary N) is 2. The smallest absolute Gasteiger partial charge is 0.263 e. The molecule has 1 saturated heterocycles. The van der Waals surface area contributed by atoms with Crippen LogP contribution in [-0.4, -0.2) is 42.3 Å². The van der Waals surface area contributed by atoms with Crippen LogP contribution in [0, 0.1) is 0 Å². The van der Waals surface area contributed by atoms with Gasteiger partial charge in [0.1, 0.15) is 6.61 Å². The Morgan fingerprint density at radius 2 is 2.00 bits per heavy atom. The molecule has 5 N–H and O–H groups in total. The molecule has 0 atom stereocenters. The Morgan fingerprint density at radius 1 is 1.26 bits per heavy atom. The number of allylic oxidation sites excluding steroid dienone is 1. The summed E-state index contributed by atoms with van der Waals surface area (Å²) in [6.07, 6.45) is -1.74. The molecule has 0 saturated carbocycles. The fourth-order valence-electron chi connectivity index (χ4n) is 3.01. The number of ether oxygens (including phenoxy) is 1. The molecule has 166 valence electrons. The van der Waals surface area contributed by atoms with Gasteiger partial charge in [-0.25, -0.2) is 14.6 Å². The van der Waals surface area contributed by atoms with Crippen molar-refractivity contribution in [2.24, 2.45) is 11.6 Å². The molecule has 1 aromatic heterocycles. The number of aromatic nitrogens is 2. The van der Waals surface area contributed by atoms with Gasteiger partial charge < -0.3 is 20.7 Å². The minimum atomic E-state index is -2.56. The second-order valence-electron chi connectivity index (χ2n) is 7.04. The predicted octanol–water partition coefficient (Wildman–Crippen LogP) is 1.69. The maximum atomic E-state index is 12.8. The van der Waals surface area contributed by atoms with Gasteiger partial charge in [0.15, 0.2) is 5.82 Å². The number of nitrogens with one attached hydrogen (secondary N) is 1. The molecule has 1 fully saturated rings. The summed E-state index contributed by atoms with van der Waals surface area (Å²) >= 11 is 0. The fraction of sp³-hybridized carbons (Fsp3) is 0.350. The van der Waals surface area contributed by atoms with Crippen molar-refractivity contribution in [1.82, 2.24) is 15.5 Å². The summed E-state index contributed by atoms with van der Waals surface area (Å²) < 4.78 is 31.2. The lowest BCUT2D eigenvalue weighted by Crippen LogP contribution is -2.35. The van der Waals surface area contributed by atoms with Gasteiger partial charge in [-0.1, -0.05) is 12.1 Å². The third kappa shape index (κ3) is 5.79. The van der Waals surface area contributed by atoms with Gasteiger partial charge in [-0.3, -0.25) is 9.80 Å². The highest BCUT2D eigenvalue weighted by molar-refractivity contribution is 5.81. The molecule has 1 aromatic carbocycles. The Hall–Kier alpha value is -3.47. The standard InChI is InChI=1S/C20H25F2N7O2/c1-13(23)16(29(24)15-5-3-14(4-6-15)20(21)22)12-31-19-8-7-17(26-27-19)28-10-2-9-25-18(30)11-28/h3-8,20H,2,9-12,23-24H2,1H3,(H,25,30)/b16-13-. The Morgan fingerprint density at radius 3 is 2.61 bits per heavy atom. The summed E-state index contributed by atoms with van der Waals surface area (Å²) in [5, 5.41) is 12.3. The summed E-state index contributed by atoms with van der Waals surface area (Å²) in [6.45, 7) is 3.21. The van der Waals surface area contributed by atoms with E-state index >= 15 is 0 Å². The summed E-state index contributed by atoms with van der Waals surface area (Å²) in [5.74, 6) is 6.90. The maximum absolute atomic E-state index is 12.8. The first-order valence-corrected chi connectivity index (χ1v) is 9.71. The molecule has 9 nitrogen and oxygen atoms in total. The second-order valence-corrected chi connectivity index (χ2v) is 7.04. The minimum absolute atomic E-state index is 0.00439. The Kier molecular flexibility index (Phi) is 7.19. The van der Waals surface area contributed by atoms with Gasteiger partial charge in [0.05, 0.1) is 17.9 Å². The Balaban J connectivity index is 1.65. The number of nitrogens with zero attached hydrogens (tertiary/aromatic N) is 4. The zero-order chi connectivity index (χ0) is 22.4. The SMILES string of the molecule is C/C(N)=C(\COc1ccc(N2CCCNC(=O)C2)nn1)N(N)c1ccc(C(F)F)cc1. The molecule has 2 heterocycles. The third-order valence-electron chi connectivity index (χ3n) is 4.74. The second kappa shape index (κ2) is 10.0. The van der Waals surface area contributed by atoms with Crippen molar-refractivity contribution >= 4 is 17.4 Å². The number of hydrogen-bond donors (Lipinski definition) is 3. The number of anilines is 2. The highest BCUT2D eigenvalue weighted by atomic mass is 19.3. The van der Waals surface area contributed by atoms with Gasteiger partial charge in [0.2, 0.25) is 11.8 Å². The topological polar surface area (TPSA) is 123 Å². The van der Waals surface area contributed by atoms with E-state index < -0.39 is 6.43 Å². The van der Waals surface area contributed by atoms with Crippen molar-refractivity contribution in [3.8, 4) is 5.88 Å². The lowest BCUT2D eigenvalue weighted by atomic mass is 10.2. The van der Waals surface area contributed by atoms with Crippen LogP contribution < -0.4 is 31.5 Å². The third-order valence-corrected chi connectivity index (χ3v) is 4.74. The van der Waals surface area contributed by atoms with Crippen LogP contribution >= 0.6 is 0 Å². The summed E-state index contributed by atoms with van der Waals surface area (Å²) in [7, 11) is 0. The molecule has 0 spiro atoms. The molecule has 0 unspecified atom stereocenters. The van der Waals surface area contributed by atoms with E-state index in [0.717, 1.165) is 6.42 Å². The van der Waals surface area contributed by atoms with Crippen LogP contribution in [0.5, 0.6) is 5.88 Å². The number of hydrogen-bond acceptors (Lipinski definition) is 8. The van der Waals surface area contributed by atoms with E-state index in [1.54, 1.807) is 19.1 Å². The van der Waals surface area contributed by atoms with E-state index in [4.69, 9.17) is 16.3 Å². The Labute approximate surface area is 178 Å². The quantitative estimate of drug-likeness (QED) is 0.445. The lowest BCUT2D eigenvalue weighted by Gasteiger charge is -2.24. The molecule has 0 aliphatic carbocycles.